The van der Waals surface area contributed by atoms with Crippen LogP contribution in [0.2, 0.25) is 0 Å². The normalized spacial score (nSPS) is 10.5. The molecule has 0 fully saturated rings. The smallest absolute Gasteiger partial charge is 0.0476 e. The highest BCUT2D eigenvalue weighted by Crippen LogP contribution is 2.19. The lowest BCUT2D eigenvalue weighted by atomic mass is 10.2. The van der Waals surface area contributed by atoms with Crippen LogP contribution in [0.5, 0.6) is 0 Å². The van der Waals surface area contributed by atoms with Crippen LogP contribution in [-0.2, 0) is 0 Å². The summed E-state index contributed by atoms with van der Waals surface area (Å²) in [6, 6.07) is 6.49. The first kappa shape index (κ1) is 10.8. The van der Waals surface area contributed by atoms with Gasteiger partial charge in [0.05, 0.1) is 0 Å². The molecule has 0 aliphatic rings. The predicted octanol–water partition coefficient (Wildman–Crippen LogP) is 3.67. The summed E-state index contributed by atoms with van der Waals surface area (Å²) in [4.78, 5) is 0. The van der Waals surface area contributed by atoms with Crippen molar-refractivity contribution in [2.75, 3.05) is 11.9 Å². The fourth-order valence-corrected chi connectivity index (χ4v) is 1.94. The van der Waals surface area contributed by atoms with Gasteiger partial charge in [-0.1, -0.05) is 19.9 Å². The van der Waals surface area contributed by atoms with Crippen molar-refractivity contribution >= 4 is 28.3 Å². The van der Waals surface area contributed by atoms with E-state index in [0.29, 0.717) is 5.92 Å². The van der Waals surface area contributed by atoms with Crippen LogP contribution in [0.1, 0.15) is 19.4 Å². The van der Waals surface area contributed by atoms with Gasteiger partial charge < -0.3 is 5.32 Å². The summed E-state index contributed by atoms with van der Waals surface area (Å²) in [6.45, 7) is 7.59. The molecule has 0 bridgehead atoms. The number of hydrogen-bond donors (Lipinski definition) is 1. The topological polar surface area (TPSA) is 12.0 Å². The van der Waals surface area contributed by atoms with E-state index in [0.717, 1.165) is 6.54 Å². The second-order valence-electron chi connectivity index (χ2n) is 3.76. The van der Waals surface area contributed by atoms with E-state index < -0.39 is 0 Å². The molecule has 0 atom stereocenters. The molecule has 2 heteroatoms. The molecule has 1 aromatic carbocycles. The van der Waals surface area contributed by atoms with Gasteiger partial charge in [0.1, 0.15) is 0 Å². The van der Waals surface area contributed by atoms with Crippen LogP contribution in [0.15, 0.2) is 18.2 Å². The highest BCUT2D eigenvalue weighted by atomic mass is 127. The Kier molecular flexibility index (Phi) is 4.03. The van der Waals surface area contributed by atoms with E-state index in [-0.39, 0.29) is 0 Å². The maximum absolute atomic E-state index is 3.43. The van der Waals surface area contributed by atoms with Crippen LogP contribution in [-0.4, -0.2) is 6.54 Å². The third-order valence-corrected chi connectivity index (χ3v) is 2.72. The third kappa shape index (κ3) is 3.55. The molecule has 0 aromatic heterocycles. The van der Waals surface area contributed by atoms with Crippen molar-refractivity contribution in [2.45, 2.75) is 20.8 Å². The van der Waals surface area contributed by atoms with E-state index in [1.54, 1.807) is 0 Å². The first-order valence-electron chi connectivity index (χ1n) is 4.59. The van der Waals surface area contributed by atoms with Crippen molar-refractivity contribution in [1.29, 1.82) is 0 Å². The molecule has 1 rings (SSSR count). The maximum Gasteiger partial charge on any atom is 0.0476 e. The number of anilines is 1. The molecule has 0 heterocycles. The van der Waals surface area contributed by atoms with Crippen molar-refractivity contribution in [1.82, 2.24) is 0 Å². The molecule has 13 heavy (non-hydrogen) atoms. The van der Waals surface area contributed by atoms with Crippen LogP contribution in [0.25, 0.3) is 0 Å². The highest BCUT2D eigenvalue weighted by molar-refractivity contribution is 14.1. The van der Waals surface area contributed by atoms with Crippen LogP contribution in [0.4, 0.5) is 5.69 Å². The minimum Gasteiger partial charge on any atom is -0.384 e. The Morgan fingerprint density at radius 1 is 1.38 bits per heavy atom. The zero-order chi connectivity index (χ0) is 9.84. The summed E-state index contributed by atoms with van der Waals surface area (Å²) >= 11 is 2.37. The molecule has 0 unspecified atom stereocenters. The minimum atomic E-state index is 0.692. The zero-order valence-corrected chi connectivity index (χ0v) is 10.6. The number of aryl methyl sites for hydroxylation is 1. The Morgan fingerprint density at radius 3 is 2.62 bits per heavy atom. The Morgan fingerprint density at radius 2 is 2.08 bits per heavy atom. The summed E-state index contributed by atoms with van der Waals surface area (Å²) in [6.07, 6.45) is 0. The first-order valence-corrected chi connectivity index (χ1v) is 5.67. The van der Waals surface area contributed by atoms with E-state index in [4.69, 9.17) is 0 Å². The Bertz CT molecular complexity index is 281. The standard InChI is InChI=1S/C11H16IN/c1-8(2)7-13-11-5-4-9(3)6-10(11)12/h4-6,8,13H,7H2,1-3H3. The van der Waals surface area contributed by atoms with Crippen molar-refractivity contribution in [3.63, 3.8) is 0 Å². The fraction of sp³-hybridized carbons (Fsp3) is 0.455. The maximum atomic E-state index is 3.43. The SMILES string of the molecule is Cc1ccc(NCC(C)C)c(I)c1. The lowest BCUT2D eigenvalue weighted by molar-refractivity contribution is 0.688. The summed E-state index contributed by atoms with van der Waals surface area (Å²) in [5.74, 6) is 0.692. The van der Waals surface area contributed by atoms with Crippen LogP contribution >= 0.6 is 22.6 Å². The summed E-state index contributed by atoms with van der Waals surface area (Å²) in [5.41, 5.74) is 2.57. The Labute approximate surface area is 94.1 Å². The molecular weight excluding hydrogens is 273 g/mol. The van der Waals surface area contributed by atoms with Gasteiger partial charge in [-0.3, -0.25) is 0 Å². The van der Waals surface area contributed by atoms with Gasteiger partial charge in [0, 0.05) is 15.8 Å². The van der Waals surface area contributed by atoms with Gasteiger partial charge in [-0.05, 0) is 53.1 Å². The number of halogens is 1. The van der Waals surface area contributed by atoms with Crippen LogP contribution < -0.4 is 5.32 Å². The van der Waals surface area contributed by atoms with Gasteiger partial charge in [0.15, 0.2) is 0 Å². The monoisotopic (exact) mass is 289 g/mol. The molecule has 0 amide bonds. The number of hydrogen-bond acceptors (Lipinski definition) is 1. The number of rotatable bonds is 3. The van der Waals surface area contributed by atoms with Crippen molar-refractivity contribution in [2.24, 2.45) is 5.92 Å². The van der Waals surface area contributed by atoms with E-state index in [1.807, 2.05) is 0 Å². The van der Waals surface area contributed by atoms with Gasteiger partial charge in [0.2, 0.25) is 0 Å². The van der Waals surface area contributed by atoms with Gasteiger partial charge in [-0.25, -0.2) is 0 Å². The van der Waals surface area contributed by atoms with Gasteiger partial charge in [-0.15, -0.1) is 0 Å². The van der Waals surface area contributed by atoms with E-state index >= 15 is 0 Å². The fourth-order valence-electron chi connectivity index (χ4n) is 1.08. The van der Waals surface area contributed by atoms with Gasteiger partial charge in [0.25, 0.3) is 0 Å². The highest BCUT2D eigenvalue weighted by Gasteiger charge is 1.99. The van der Waals surface area contributed by atoms with Crippen molar-refractivity contribution in [3.8, 4) is 0 Å². The largest absolute Gasteiger partial charge is 0.384 e. The average Bonchev–Trinajstić information content (AvgIpc) is 2.02. The average molecular weight is 289 g/mol. The molecule has 0 aliphatic carbocycles. The van der Waals surface area contributed by atoms with E-state index in [1.165, 1.54) is 14.8 Å². The quantitative estimate of drug-likeness (QED) is 0.837. The molecule has 1 N–H and O–H groups in total. The molecule has 0 radical (unpaired) electrons. The van der Waals surface area contributed by atoms with E-state index in [9.17, 15) is 0 Å². The van der Waals surface area contributed by atoms with Crippen LogP contribution in [0.3, 0.4) is 0 Å². The molecule has 1 aromatic rings. The summed E-state index contributed by atoms with van der Waals surface area (Å²) < 4.78 is 1.30. The summed E-state index contributed by atoms with van der Waals surface area (Å²) in [5, 5.41) is 3.43. The van der Waals surface area contributed by atoms with Gasteiger partial charge >= 0.3 is 0 Å². The van der Waals surface area contributed by atoms with E-state index in [2.05, 4.69) is 66.9 Å². The molecule has 1 nitrogen and oxygen atoms in total. The molecule has 0 aliphatic heterocycles. The molecule has 0 spiro atoms. The molecule has 0 saturated carbocycles. The zero-order valence-electron chi connectivity index (χ0n) is 8.39. The molecule has 0 saturated heterocycles. The number of benzene rings is 1. The Balaban J connectivity index is 2.67. The number of nitrogens with one attached hydrogen (secondary N) is 1. The lowest BCUT2D eigenvalue weighted by Crippen LogP contribution is -2.08. The van der Waals surface area contributed by atoms with Crippen molar-refractivity contribution < 1.29 is 0 Å². The van der Waals surface area contributed by atoms with Crippen LogP contribution in [0, 0.1) is 16.4 Å². The molecular formula is C11H16IN. The lowest BCUT2D eigenvalue weighted by Gasteiger charge is -2.10. The predicted molar refractivity (Wildman–Crippen MR) is 67.2 cm³/mol. The summed E-state index contributed by atoms with van der Waals surface area (Å²) in [7, 11) is 0. The Hall–Kier alpha value is -0.250. The van der Waals surface area contributed by atoms with Gasteiger partial charge in [-0.2, -0.15) is 0 Å². The second kappa shape index (κ2) is 4.84. The third-order valence-electron chi connectivity index (χ3n) is 1.83. The molecule has 72 valence electrons. The second-order valence-corrected chi connectivity index (χ2v) is 4.92. The first-order chi connectivity index (χ1) is 6.09. The van der Waals surface area contributed by atoms with Crippen molar-refractivity contribution in [3.05, 3.63) is 27.3 Å². The minimum absolute atomic E-state index is 0.692.